The van der Waals surface area contributed by atoms with Crippen LogP contribution in [0, 0.1) is 0 Å². The summed E-state index contributed by atoms with van der Waals surface area (Å²) in [5, 5.41) is 2.69. The summed E-state index contributed by atoms with van der Waals surface area (Å²) in [5.74, 6) is -0.632. The molecule has 0 bridgehead atoms. The van der Waals surface area contributed by atoms with E-state index in [1.54, 1.807) is 0 Å². The maximum Gasteiger partial charge on any atom is 0.533 e. The molecule has 2 rings (SSSR count). The first-order valence-electron chi connectivity index (χ1n) is 8.79. The number of amides is 1. The number of alkyl carbamates (subject to hydrolysis) is 1. The number of carbonyl (C=O) groups is 1. The molecule has 2 aromatic carbocycles. The van der Waals surface area contributed by atoms with E-state index in [0.29, 0.717) is 13.0 Å². The monoisotopic (exact) mass is 376 g/mol. The second kappa shape index (κ2) is 11.4. The molecule has 1 N–H and O–H groups in total. The van der Waals surface area contributed by atoms with Crippen LogP contribution in [-0.2, 0) is 26.9 Å². The van der Waals surface area contributed by atoms with Gasteiger partial charge in [-0.2, -0.15) is 0 Å². The fraction of sp³-hybridized carbons (Fsp3) is 0.350. The van der Waals surface area contributed by atoms with Crippen LogP contribution >= 0.6 is 8.03 Å². The number of hydrogen-bond donors (Lipinski definition) is 1. The van der Waals surface area contributed by atoms with Crippen molar-refractivity contribution in [3.05, 3.63) is 71.8 Å². The highest BCUT2D eigenvalue weighted by atomic mass is 31.1. The summed E-state index contributed by atoms with van der Waals surface area (Å²) in [6.45, 7) is 2.62. The Labute approximate surface area is 157 Å². The van der Waals surface area contributed by atoms with Crippen LogP contribution in [0.15, 0.2) is 60.7 Å². The Kier molecular flexibility index (Phi) is 8.81. The van der Waals surface area contributed by atoms with Crippen molar-refractivity contribution in [2.45, 2.75) is 38.6 Å². The zero-order valence-corrected chi connectivity index (χ0v) is 15.9. The minimum absolute atomic E-state index is 0. The number of unbranched alkanes of at least 4 members (excludes halogenated alkanes) is 1. The molecular weight excluding hydrogens is 349 g/mol. The molecular formula is C20H27NO4P+. The molecule has 0 saturated heterocycles. The van der Waals surface area contributed by atoms with Gasteiger partial charge in [-0.1, -0.05) is 74.0 Å². The van der Waals surface area contributed by atoms with E-state index in [1.165, 1.54) is 0 Å². The number of ether oxygens (including phenoxy) is 1. The lowest BCUT2D eigenvalue weighted by Gasteiger charge is -2.10. The van der Waals surface area contributed by atoms with Crippen LogP contribution < -0.4 is 5.32 Å². The van der Waals surface area contributed by atoms with Gasteiger partial charge in [0.05, 0.1) is 0 Å². The highest BCUT2D eigenvalue weighted by Gasteiger charge is 2.35. The van der Waals surface area contributed by atoms with Crippen molar-refractivity contribution in [2.24, 2.45) is 0 Å². The average Bonchev–Trinajstić information content (AvgIpc) is 2.67. The van der Waals surface area contributed by atoms with E-state index in [9.17, 15) is 9.36 Å². The van der Waals surface area contributed by atoms with Gasteiger partial charge in [0.15, 0.2) is 0 Å². The normalized spacial score (nSPS) is 12.3. The molecule has 1 unspecified atom stereocenters. The van der Waals surface area contributed by atoms with E-state index >= 15 is 0 Å². The van der Waals surface area contributed by atoms with E-state index in [1.807, 2.05) is 67.6 Å². The lowest BCUT2D eigenvalue weighted by Crippen LogP contribution is -2.34. The molecule has 0 aliphatic heterocycles. The molecule has 1 amide bonds. The minimum Gasteiger partial charge on any atom is -0.445 e. The number of carbonyl (C=O) groups excluding carboxylic acids is 1. The van der Waals surface area contributed by atoms with E-state index < -0.39 is 19.9 Å². The Balaban J connectivity index is 0.00000364. The summed E-state index contributed by atoms with van der Waals surface area (Å²) in [6.07, 6.45) is 1.61. The van der Waals surface area contributed by atoms with Crippen LogP contribution in [0.2, 0.25) is 0 Å². The Bertz CT molecular complexity index is 685. The Hall–Kier alpha value is -2.23. The number of benzene rings is 2. The van der Waals surface area contributed by atoms with E-state index in [4.69, 9.17) is 9.26 Å². The fourth-order valence-corrected chi connectivity index (χ4v) is 3.36. The molecule has 2 atom stereocenters. The highest BCUT2D eigenvalue weighted by molar-refractivity contribution is 7.40. The zero-order chi connectivity index (χ0) is 18.6. The van der Waals surface area contributed by atoms with Crippen LogP contribution in [0.1, 0.15) is 32.3 Å². The topological polar surface area (TPSA) is 64.6 Å². The third-order valence-electron chi connectivity index (χ3n) is 3.74. The molecule has 140 valence electrons. The summed E-state index contributed by atoms with van der Waals surface area (Å²) in [5.41, 5.74) is 1.87. The van der Waals surface area contributed by atoms with Gasteiger partial charge in [-0.25, -0.2) is 4.79 Å². The van der Waals surface area contributed by atoms with Gasteiger partial charge in [-0.05, 0) is 22.1 Å². The van der Waals surface area contributed by atoms with Crippen LogP contribution in [0.25, 0.3) is 0 Å². The lowest BCUT2D eigenvalue weighted by molar-refractivity contribution is 0.137. The van der Waals surface area contributed by atoms with Crippen LogP contribution in [0.3, 0.4) is 0 Å². The second-order valence-corrected chi connectivity index (χ2v) is 7.34. The smallest absolute Gasteiger partial charge is 0.445 e. The van der Waals surface area contributed by atoms with Gasteiger partial charge in [-0.15, -0.1) is 4.52 Å². The van der Waals surface area contributed by atoms with Crippen molar-refractivity contribution in [3.8, 4) is 0 Å². The Morgan fingerprint density at radius 2 is 1.69 bits per heavy atom. The van der Waals surface area contributed by atoms with Gasteiger partial charge in [-0.3, -0.25) is 5.32 Å². The molecule has 5 nitrogen and oxygen atoms in total. The third kappa shape index (κ3) is 7.34. The van der Waals surface area contributed by atoms with Gasteiger partial charge >= 0.3 is 14.1 Å². The quantitative estimate of drug-likeness (QED) is 0.452. The van der Waals surface area contributed by atoms with E-state index in [0.717, 1.165) is 24.0 Å². The molecule has 2 aromatic rings. The van der Waals surface area contributed by atoms with E-state index in [2.05, 4.69) is 5.32 Å². The van der Waals surface area contributed by atoms with Crippen LogP contribution in [0.4, 0.5) is 4.79 Å². The minimum atomic E-state index is -2.04. The second-order valence-electron chi connectivity index (χ2n) is 5.88. The first-order valence-corrected chi connectivity index (χ1v) is 10.0. The van der Waals surface area contributed by atoms with Crippen molar-refractivity contribution in [1.29, 1.82) is 0 Å². The number of rotatable bonds is 10. The first-order chi connectivity index (χ1) is 12.7. The van der Waals surface area contributed by atoms with Gasteiger partial charge in [0.2, 0.25) is 0 Å². The maximum absolute atomic E-state index is 12.5. The van der Waals surface area contributed by atoms with Crippen LogP contribution in [0.5, 0.6) is 0 Å². The van der Waals surface area contributed by atoms with Gasteiger partial charge in [0.1, 0.15) is 13.2 Å². The molecule has 0 aromatic heterocycles. The van der Waals surface area contributed by atoms with Crippen molar-refractivity contribution in [1.82, 2.24) is 5.32 Å². The standard InChI is InChI=1S/C20H24NO4P.H2/c1-2-3-14-25-26(23)19(15-17-10-6-4-7-11-17)21-20(22)24-16-18-12-8-5-9-13-18;/h4-13,19H,2-3,14-16H2,1H3;1H/p+1/t19-;/m1./s1. The zero-order valence-electron chi connectivity index (χ0n) is 15.0. The summed E-state index contributed by atoms with van der Waals surface area (Å²) in [7, 11) is -2.04. The van der Waals surface area contributed by atoms with Crippen molar-refractivity contribution >= 4 is 14.1 Å². The molecule has 0 fully saturated rings. The molecule has 0 aliphatic rings. The van der Waals surface area contributed by atoms with Crippen molar-refractivity contribution in [2.75, 3.05) is 6.61 Å². The average molecular weight is 376 g/mol. The summed E-state index contributed by atoms with van der Waals surface area (Å²) >= 11 is 0. The lowest BCUT2D eigenvalue weighted by atomic mass is 10.1. The molecule has 0 saturated carbocycles. The SMILES string of the molecule is CCCCO[P+](=O)[C@H](Cc1ccccc1)NC(=O)OCc1ccccc1.[HH]. The molecule has 6 heteroatoms. The summed E-state index contributed by atoms with van der Waals surface area (Å²) < 4.78 is 23.1. The first kappa shape index (κ1) is 20.1. The summed E-state index contributed by atoms with van der Waals surface area (Å²) in [4.78, 5) is 12.1. The maximum atomic E-state index is 12.5. The van der Waals surface area contributed by atoms with Crippen LogP contribution in [-0.4, -0.2) is 18.5 Å². The predicted octanol–water partition coefficient (Wildman–Crippen LogP) is 5.29. The molecule has 0 radical (unpaired) electrons. The Morgan fingerprint density at radius 3 is 2.31 bits per heavy atom. The number of nitrogens with one attached hydrogen (secondary N) is 1. The Morgan fingerprint density at radius 1 is 1.08 bits per heavy atom. The van der Waals surface area contributed by atoms with Crippen molar-refractivity contribution in [3.63, 3.8) is 0 Å². The predicted molar refractivity (Wildman–Crippen MR) is 104 cm³/mol. The van der Waals surface area contributed by atoms with Gasteiger partial charge < -0.3 is 4.74 Å². The van der Waals surface area contributed by atoms with Gasteiger partial charge in [0, 0.05) is 7.85 Å². The highest BCUT2D eigenvalue weighted by Crippen LogP contribution is 2.30. The molecule has 0 spiro atoms. The third-order valence-corrected chi connectivity index (χ3v) is 5.00. The van der Waals surface area contributed by atoms with Gasteiger partial charge in [0.25, 0.3) is 5.78 Å². The van der Waals surface area contributed by atoms with E-state index in [-0.39, 0.29) is 8.03 Å². The fourth-order valence-electron chi connectivity index (χ4n) is 2.31. The number of hydrogen-bond acceptors (Lipinski definition) is 4. The van der Waals surface area contributed by atoms with Crippen molar-refractivity contribution < 1.29 is 20.0 Å². The largest absolute Gasteiger partial charge is 0.533 e. The molecule has 26 heavy (non-hydrogen) atoms. The summed E-state index contributed by atoms with van der Waals surface area (Å²) in [6, 6.07) is 19.0. The molecule has 0 heterocycles. The molecule has 0 aliphatic carbocycles.